The molecule has 0 aliphatic carbocycles. The molecule has 202 valence electrons. The first-order chi connectivity index (χ1) is 18.9. The number of anilines is 1. The summed E-state index contributed by atoms with van der Waals surface area (Å²) in [6.07, 6.45) is 2.05. The van der Waals surface area contributed by atoms with Crippen LogP contribution in [0.25, 0.3) is 5.69 Å². The lowest BCUT2D eigenvalue weighted by Gasteiger charge is -2.12. The van der Waals surface area contributed by atoms with Crippen molar-refractivity contribution in [3.8, 4) is 11.4 Å². The summed E-state index contributed by atoms with van der Waals surface area (Å²) in [5.74, 6) is 1.11. The fraction of sp³-hybridized carbons (Fsp3) is 0.267. The second-order valence-corrected chi connectivity index (χ2v) is 10.1. The fourth-order valence-electron chi connectivity index (χ4n) is 3.88. The lowest BCUT2D eigenvalue weighted by molar-refractivity contribution is -0.113. The van der Waals surface area contributed by atoms with Crippen LogP contribution in [0.2, 0.25) is 0 Å². The maximum atomic E-state index is 12.8. The van der Waals surface area contributed by atoms with E-state index in [1.165, 1.54) is 11.8 Å². The number of aryl methyl sites for hydroxylation is 2. The second kappa shape index (κ2) is 13.6. The minimum Gasteiger partial charge on any atom is -0.494 e. The Labute approximate surface area is 233 Å². The van der Waals surface area contributed by atoms with Crippen LogP contribution in [-0.2, 0) is 11.3 Å². The molecule has 2 N–H and O–H groups in total. The number of ether oxygens (including phenoxy) is 1. The van der Waals surface area contributed by atoms with Gasteiger partial charge < -0.3 is 15.4 Å². The molecule has 0 spiro atoms. The average Bonchev–Trinajstić information content (AvgIpc) is 3.34. The normalized spacial score (nSPS) is 10.7. The third-order valence-electron chi connectivity index (χ3n) is 5.88. The third-order valence-corrected chi connectivity index (χ3v) is 6.81. The standard InChI is InChI=1S/C30H33N5O3S/c1-4-5-16-38-26-14-12-23(13-15-26)29(37)31-19-27-33-34-30(35(27)25-11-7-9-22(3)18-25)39-20-28(36)32-24-10-6-8-21(2)17-24/h6-15,17-18H,4-5,16,19-20H2,1-3H3,(H,31,37)(H,32,36). The van der Waals surface area contributed by atoms with Gasteiger partial charge in [0.1, 0.15) is 5.75 Å². The summed E-state index contributed by atoms with van der Waals surface area (Å²) in [6, 6.07) is 22.7. The van der Waals surface area contributed by atoms with Gasteiger partial charge in [-0.25, -0.2) is 0 Å². The lowest BCUT2D eigenvalue weighted by Crippen LogP contribution is -2.24. The summed E-state index contributed by atoms with van der Waals surface area (Å²) in [5, 5.41) is 15.1. The molecule has 4 rings (SSSR count). The molecule has 0 saturated carbocycles. The highest BCUT2D eigenvalue weighted by Crippen LogP contribution is 2.23. The largest absolute Gasteiger partial charge is 0.494 e. The number of nitrogens with zero attached hydrogens (tertiary/aromatic N) is 3. The molecule has 0 fully saturated rings. The maximum absolute atomic E-state index is 12.8. The molecular formula is C30H33N5O3S. The Morgan fingerprint density at radius 1 is 0.949 bits per heavy atom. The molecule has 0 aliphatic rings. The van der Waals surface area contributed by atoms with Gasteiger partial charge in [0.05, 0.1) is 18.9 Å². The van der Waals surface area contributed by atoms with Crippen LogP contribution >= 0.6 is 11.8 Å². The Bertz CT molecular complexity index is 1420. The van der Waals surface area contributed by atoms with Crippen molar-refractivity contribution in [3.05, 3.63) is 95.3 Å². The van der Waals surface area contributed by atoms with Gasteiger partial charge in [0.25, 0.3) is 5.91 Å². The Hall–Kier alpha value is -4.11. The lowest BCUT2D eigenvalue weighted by atomic mass is 10.2. The first kappa shape index (κ1) is 27.9. The number of amides is 2. The van der Waals surface area contributed by atoms with Crippen LogP contribution in [0.15, 0.2) is 78.0 Å². The second-order valence-electron chi connectivity index (χ2n) is 9.19. The zero-order chi connectivity index (χ0) is 27.6. The molecule has 3 aromatic carbocycles. The van der Waals surface area contributed by atoms with E-state index < -0.39 is 0 Å². The zero-order valence-electron chi connectivity index (χ0n) is 22.4. The number of thioether (sulfide) groups is 1. The molecule has 0 atom stereocenters. The van der Waals surface area contributed by atoms with Crippen molar-refractivity contribution in [3.63, 3.8) is 0 Å². The number of nitrogens with one attached hydrogen (secondary N) is 2. The molecule has 9 heteroatoms. The molecule has 1 aromatic heterocycles. The fourth-order valence-corrected chi connectivity index (χ4v) is 4.65. The Balaban J connectivity index is 1.44. The monoisotopic (exact) mass is 543 g/mol. The number of carbonyl (C=O) groups excluding carboxylic acids is 2. The summed E-state index contributed by atoms with van der Waals surface area (Å²) >= 11 is 1.29. The molecule has 39 heavy (non-hydrogen) atoms. The number of hydrogen-bond acceptors (Lipinski definition) is 6. The van der Waals surface area contributed by atoms with Crippen LogP contribution < -0.4 is 15.4 Å². The highest BCUT2D eigenvalue weighted by Gasteiger charge is 2.17. The number of benzene rings is 3. The van der Waals surface area contributed by atoms with Crippen molar-refractivity contribution >= 4 is 29.3 Å². The molecule has 1 heterocycles. The van der Waals surface area contributed by atoms with Crippen LogP contribution in [0.1, 0.15) is 47.1 Å². The minimum atomic E-state index is -0.222. The van der Waals surface area contributed by atoms with Gasteiger partial charge in [-0.3, -0.25) is 14.2 Å². The molecule has 0 radical (unpaired) electrons. The van der Waals surface area contributed by atoms with E-state index in [0.29, 0.717) is 23.2 Å². The van der Waals surface area contributed by atoms with E-state index in [1.54, 1.807) is 24.3 Å². The Morgan fingerprint density at radius 3 is 2.41 bits per heavy atom. The zero-order valence-corrected chi connectivity index (χ0v) is 23.3. The van der Waals surface area contributed by atoms with Crippen LogP contribution in [-0.4, -0.2) is 38.9 Å². The predicted molar refractivity (Wildman–Crippen MR) is 155 cm³/mol. The van der Waals surface area contributed by atoms with E-state index in [0.717, 1.165) is 41.1 Å². The Kier molecular flexibility index (Phi) is 9.74. The topological polar surface area (TPSA) is 98.1 Å². The van der Waals surface area contributed by atoms with Crippen molar-refractivity contribution in [1.82, 2.24) is 20.1 Å². The number of aromatic nitrogens is 3. The smallest absolute Gasteiger partial charge is 0.251 e. The van der Waals surface area contributed by atoms with Gasteiger partial charge in [0.15, 0.2) is 11.0 Å². The average molecular weight is 544 g/mol. The van der Waals surface area contributed by atoms with Crippen LogP contribution in [0.3, 0.4) is 0 Å². The van der Waals surface area contributed by atoms with E-state index in [4.69, 9.17) is 4.74 Å². The molecule has 0 saturated heterocycles. The summed E-state index contributed by atoms with van der Waals surface area (Å²) < 4.78 is 7.56. The van der Waals surface area contributed by atoms with Gasteiger partial charge in [-0.15, -0.1) is 10.2 Å². The van der Waals surface area contributed by atoms with Crippen LogP contribution in [0, 0.1) is 13.8 Å². The van der Waals surface area contributed by atoms with Crippen molar-refractivity contribution in [2.45, 2.75) is 45.3 Å². The van der Waals surface area contributed by atoms with E-state index in [-0.39, 0.29) is 24.1 Å². The summed E-state index contributed by atoms with van der Waals surface area (Å²) in [5.41, 5.74) is 4.29. The summed E-state index contributed by atoms with van der Waals surface area (Å²) in [7, 11) is 0. The highest BCUT2D eigenvalue weighted by atomic mass is 32.2. The van der Waals surface area contributed by atoms with Crippen LogP contribution in [0.4, 0.5) is 5.69 Å². The molecular weight excluding hydrogens is 510 g/mol. The predicted octanol–water partition coefficient (Wildman–Crippen LogP) is 5.72. The maximum Gasteiger partial charge on any atom is 0.251 e. The molecule has 2 amide bonds. The minimum absolute atomic E-state index is 0.138. The number of rotatable bonds is 12. The molecule has 8 nitrogen and oxygen atoms in total. The molecule has 4 aromatic rings. The van der Waals surface area contributed by atoms with Crippen molar-refractivity contribution in [2.24, 2.45) is 0 Å². The van der Waals surface area contributed by atoms with E-state index in [1.807, 2.05) is 66.9 Å². The SMILES string of the molecule is CCCCOc1ccc(C(=O)NCc2nnc(SCC(=O)Nc3cccc(C)c3)n2-c2cccc(C)c2)cc1. The number of hydrogen-bond donors (Lipinski definition) is 2. The quantitative estimate of drug-likeness (QED) is 0.175. The van der Waals surface area contributed by atoms with Gasteiger partial charge >= 0.3 is 0 Å². The van der Waals surface area contributed by atoms with Gasteiger partial charge in [-0.2, -0.15) is 0 Å². The van der Waals surface area contributed by atoms with Gasteiger partial charge in [-0.1, -0.05) is 49.4 Å². The van der Waals surface area contributed by atoms with E-state index in [2.05, 4.69) is 27.8 Å². The Morgan fingerprint density at radius 2 is 1.69 bits per heavy atom. The molecule has 0 bridgehead atoms. The summed E-state index contributed by atoms with van der Waals surface area (Å²) in [6.45, 7) is 6.93. The van der Waals surface area contributed by atoms with Crippen LogP contribution in [0.5, 0.6) is 5.75 Å². The van der Waals surface area contributed by atoms with Crippen molar-refractivity contribution in [2.75, 3.05) is 17.7 Å². The number of carbonyl (C=O) groups is 2. The van der Waals surface area contributed by atoms with Crippen molar-refractivity contribution < 1.29 is 14.3 Å². The first-order valence-corrected chi connectivity index (χ1v) is 13.9. The first-order valence-electron chi connectivity index (χ1n) is 12.9. The summed E-state index contributed by atoms with van der Waals surface area (Å²) in [4.78, 5) is 25.5. The number of unbranched alkanes of at least 4 members (excludes halogenated alkanes) is 1. The van der Waals surface area contributed by atoms with Gasteiger partial charge in [0.2, 0.25) is 5.91 Å². The van der Waals surface area contributed by atoms with Crippen molar-refractivity contribution in [1.29, 1.82) is 0 Å². The van der Waals surface area contributed by atoms with E-state index >= 15 is 0 Å². The van der Waals surface area contributed by atoms with Gasteiger partial charge in [-0.05, 0) is 79.9 Å². The molecule has 0 unspecified atom stereocenters. The van der Waals surface area contributed by atoms with Gasteiger partial charge in [0, 0.05) is 16.9 Å². The van der Waals surface area contributed by atoms with E-state index in [9.17, 15) is 9.59 Å². The third kappa shape index (κ3) is 7.94. The molecule has 0 aliphatic heterocycles. The highest BCUT2D eigenvalue weighted by molar-refractivity contribution is 7.99.